The molecule has 0 amide bonds. The third-order valence-electron chi connectivity index (χ3n) is 6.57. The van der Waals surface area contributed by atoms with Crippen LogP contribution in [0.25, 0.3) is 28.2 Å². The number of H-pyrrole nitrogens is 1. The van der Waals surface area contributed by atoms with Gasteiger partial charge in [0, 0.05) is 24.2 Å². The average Bonchev–Trinajstić information content (AvgIpc) is 3.65. The molecule has 0 radical (unpaired) electrons. The van der Waals surface area contributed by atoms with E-state index in [1.807, 2.05) is 6.07 Å². The summed E-state index contributed by atoms with van der Waals surface area (Å²) in [6.45, 7) is 0. The van der Waals surface area contributed by atoms with Crippen molar-refractivity contribution >= 4 is 21.2 Å². The Kier molecular flexibility index (Phi) is 5.48. The minimum absolute atomic E-state index is 0.0490. The Balaban J connectivity index is 1.41. The van der Waals surface area contributed by atoms with Crippen LogP contribution in [0.3, 0.4) is 0 Å². The van der Waals surface area contributed by atoms with Crippen molar-refractivity contribution in [2.75, 3.05) is 4.72 Å². The van der Waals surface area contributed by atoms with Gasteiger partial charge in [0.15, 0.2) is 11.6 Å². The van der Waals surface area contributed by atoms with Crippen LogP contribution in [0.15, 0.2) is 66.2 Å². The summed E-state index contributed by atoms with van der Waals surface area (Å²) >= 11 is 0. The SMILES string of the molecule is N#Cc1cc2c(c(S(=O)(=O)Nc3ccc(F)c(-c4ccc5c(-c6ncc[nH]6)ncn5c4)c3F)c1)CCC2O. The molecule has 3 heterocycles. The van der Waals surface area contributed by atoms with E-state index in [0.29, 0.717) is 34.6 Å². The molecule has 1 atom stereocenters. The zero-order valence-electron chi connectivity index (χ0n) is 19.5. The number of pyridine rings is 1. The molecule has 1 aliphatic rings. The number of fused-ring (bicyclic) bond motifs is 2. The summed E-state index contributed by atoms with van der Waals surface area (Å²) < 4.78 is 61.0. The summed E-state index contributed by atoms with van der Waals surface area (Å²) in [7, 11) is -4.39. The second kappa shape index (κ2) is 8.76. The number of aromatic amines is 1. The fraction of sp³-hybridized carbons (Fsp3) is 0.115. The Labute approximate surface area is 215 Å². The van der Waals surface area contributed by atoms with Crippen LogP contribution in [-0.4, -0.2) is 32.9 Å². The molecule has 0 spiro atoms. The minimum atomic E-state index is -4.39. The molecule has 3 aromatic heterocycles. The van der Waals surface area contributed by atoms with Crippen molar-refractivity contribution in [2.45, 2.75) is 23.8 Å². The predicted molar refractivity (Wildman–Crippen MR) is 133 cm³/mol. The van der Waals surface area contributed by atoms with E-state index in [4.69, 9.17) is 0 Å². The maximum Gasteiger partial charge on any atom is 0.262 e. The fourth-order valence-electron chi connectivity index (χ4n) is 4.79. The molecule has 190 valence electrons. The number of aliphatic hydroxyl groups is 1. The number of rotatable bonds is 5. The Bertz CT molecular complexity index is 1880. The van der Waals surface area contributed by atoms with E-state index in [1.165, 1.54) is 30.7 Å². The number of aliphatic hydroxyl groups excluding tert-OH is 1. The van der Waals surface area contributed by atoms with E-state index in [9.17, 15) is 23.2 Å². The maximum absolute atomic E-state index is 15.7. The van der Waals surface area contributed by atoms with E-state index in [-0.39, 0.29) is 22.4 Å². The summed E-state index contributed by atoms with van der Waals surface area (Å²) in [6.07, 6.45) is 5.89. The zero-order valence-corrected chi connectivity index (χ0v) is 20.3. The quantitative estimate of drug-likeness (QED) is 0.308. The number of benzene rings is 2. The third-order valence-corrected chi connectivity index (χ3v) is 8.00. The van der Waals surface area contributed by atoms with Gasteiger partial charge in [-0.3, -0.25) is 4.72 Å². The molecule has 0 saturated carbocycles. The molecule has 2 aromatic carbocycles. The van der Waals surface area contributed by atoms with Crippen LogP contribution < -0.4 is 4.72 Å². The van der Waals surface area contributed by atoms with Crippen molar-refractivity contribution in [1.82, 2.24) is 19.4 Å². The molecule has 38 heavy (non-hydrogen) atoms. The number of hydrogen-bond acceptors (Lipinski definition) is 6. The lowest BCUT2D eigenvalue weighted by Crippen LogP contribution is -2.17. The van der Waals surface area contributed by atoms with Crippen molar-refractivity contribution < 1.29 is 22.3 Å². The first kappa shape index (κ1) is 23.8. The Morgan fingerprint density at radius 3 is 2.79 bits per heavy atom. The summed E-state index contributed by atoms with van der Waals surface area (Å²) in [6, 6.07) is 9.64. The smallest absolute Gasteiger partial charge is 0.262 e. The van der Waals surface area contributed by atoms with Crippen LogP contribution >= 0.6 is 0 Å². The first-order valence-electron chi connectivity index (χ1n) is 11.5. The molecule has 1 unspecified atom stereocenters. The number of nitrogens with zero attached hydrogens (tertiary/aromatic N) is 4. The van der Waals surface area contributed by atoms with Crippen LogP contribution in [0, 0.1) is 23.0 Å². The van der Waals surface area contributed by atoms with Crippen LogP contribution in [0.1, 0.15) is 29.2 Å². The highest BCUT2D eigenvalue weighted by atomic mass is 32.2. The molecule has 0 saturated heterocycles. The van der Waals surface area contributed by atoms with Crippen molar-refractivity contribution in [3.63, 3.8) is 0 Å². The molecule has 5 aromatic rings. The molecule has 6 rings (SSSR count). The zero-order chi connectivity index (χ0) is 26.6. The summed E-state index contributed by atoms with van der Waals surface area (Å²) in [5.74, 6) is -1.45. The van der Waals surface area contributed by atoms with Crippen LogP contribution in [-0.2, 0) is 16.4 Å². The second-order valence-electron chi connectivity index (χ2n) is 8.84. The first-order valence-corrected chi connectivity index (χ1v) is 13.0. The molecular weight excluding hydrogens is 514 g/mol. The van der Waals surface area contributed by atoms with E-state index < -0.39 is 39.0 Å². The van der Waals surface area contributed by atoms with Gasteiger partial charge in [-0.05, 0) is 54.3 Å². The van der Waals surface area contributed by atoms with Gasteiger partial charge in [0.05, 0.1) is 39.4 Å². The number of sulfonamides is 1. The van der Waals surface area contributed by atoms with Gasteiger partial charge in [0.1, 0.15) is 17.8 Å². The largest absolute Gasteiger partial charge is 0.388 e. The van der Waals surface area contributed by atoms with Gasteiger partial charge in [0.25, 0.3) is 10.0 Å². The lowest BCUT2D eigenvalue weighted by atomic mass is 10.0. The number of nitrogens with one attached hydrogen (secondary N) is 2. The summed E-state index contributed by atoms with van der Waals surface area (Å²) in [5, 5.41) is 19.6. The van der Waals surface area contributed by atoms with Crippen LogP contribution in [0.2, 0.25) is 0 Å². The molecule has 0 fully saturated rings. The molecule has 12 heteroatoms. The monoisotopic (exact) mass is 532 g/mol. The van der Waals surface area contributed by atoms with Crippen LogP contribution in [0.5, 0.6) is 0 Å². The summed E-state index contributed by atoms with van der Waals surface area (Å²) in [5.41, 5.74) is 1.25. The highest BCUT2D eigenvalue weighted by molar-refractivity contribution is 7.92. The first-order chi connectivity index (χ1) is 18.3. The van der Waals surface area contributed by atoms with Gasteiger partial charge in [-0.1, -0.05) is 6.07 Å². The van der Waals surface area contributed by atoms with Gasteiger partial charge in [-0.2, -0.15) is 5.26 Å². The van der Waals surface area contributed by atoms with Gasteiger partial charge >= 0.3 is 0 Å². The number of hydrogen-bond donors (Lipinski definition) is 3. The number of aromatic nitrogens is 4. The normalized spacial score (nSPS) is 14.9. The second-order valence-corrected chi connectivity index (χ2v) is 10.5. The fourth-order valence-corrected chi connectivity index (χ4v) is 6.18. The minimum Gasteiger partial charge on any atom is -0.388 e. The van der Waals surface area contributed by atoms with Crippen molar-refractivity contribution in [1.29, 1.82) is 5.26 Å². The van der Waals surface area contributed by atoms with Gasteiger partial charge < -0.3 is 14.5 Å². The number of halogens is 2. The van der Waals surface area contributed by atoms with Gasteiger partial charge in [-0.25, -0.2) is 27.2 Å². The van der Waals surface area contributed by atoms with Gasteiger partial charge in [-0.15, -0.1) is 0 Å². The van der Waals surface area contributed by atoms with Crippen LogP contribution in [0.4, 0.5) is 14.5 Å². The van der Waals surface area contributed by atoms with Crippen molar-refractivity contribution in [2.24, 2.45) is 0 Å². The molecule has 0 aliphatic heterocycles. The van der Waals surface area contributed by atoms with E-state index >= 15 is 4.39 Å². The molecule has 0 bridgehead atoms. The number of nitriles is 1. The van der Waals surface area contributed by atoms with E-state index in [0.717, 1.165) is 12.1 Å². The van der Waals surface area contributed by atoms with Crippen molar-refractivity contribution in [3.8, 4) is 28.7 Å². The van der Waals surface area contributed by atoms with E-state index in [2.05, 4.69) is 19.7 Å². The van der Waals surface area contributed by atoms with E-state index in [1.54, 1.807) is 22.9 Å². The maximum atomic E-state index is 15.7. The Hall–Kier alpha value is -4.60. The molecular formula is C26H18F2N6O3S. The average molecular weight is 533 g/mol. The lowest BCUT2D eigenvalue weighted by molar-refractivity contribution is 0.180. The van der Waals surface area contributed by atoms with Crippen molar-refractivity contribution in [3.05, 3.63) is 89.6 Å². The van der Waals surface area contributed by atoms with Gasteiger partial charge in [0.2, 0.25) is 0 Å². The highest BCUT2D eigenvalue weighted by Crippen LogP contribution is 2.38. The number of anilines is 1. The Morgan fingerprint density at radius 2 is 2.03 bits per heavy atom. The molecule has 9 nitrogen and oxygen atoms in total. The predicted octanol–water partition coefficient (Wildman–Crippen LogP) is 4.32. The topological polar surface area (TPSA) is 136 Å². The third kappa shape index (κ3) is 3.80. The lowest BCUT2D eigenvalue weighted by Gasteiger charge is -2.15. The molecule has 3 N–H and O–H groups in total. The standard InChI is InChI=1S/C26H18F2N6O3S/c27-18-3-4-19(33-38(36,37)22-10-14(11-29)9-17-16(22)2-6-21(17)35)24(28)23(18)15-1-5-20-25(26-30-7-8-31-26)32-13-34(20)12-15/h1,3-5,7-10,12-13,21,33,35H,2,6H2,(H,30,31). The highest BCUT2D eigenvalue weighted by Gasteiger charge is 2.30. The summed E-state index contributed by atoms with van der Waals surface area (Å²) in [4.78, 5) is 11.2. The molecule has 1 aliphatic carbocycles. The number of imidazole rings is 2. The Morgan fingerprint density at radius 1 is 1.18 bits per heavy atom.